The quantitative estimate of drug-likeness (QED) is 0.434. The third kappa shape index (κ3) is 1.18. The Morgan fingerprint density at radius 1 is 1.25 bits per heavy atom. The SMILES string of the molecule is O[C@@H]1CCOC[C@H]1O. The molecule has 0 saturated carbocycles. The molecule has 2 N–H and O–H groups in total. The van der Waals surface area contributed by atoms with E-state index in [0.717, 1.165) is 0 Å². The van der Waals surface area contributed by atoms with Gasteiger partial charge in [0.15, 0.2) is 0 Å². The summed E-state index contributed by atoms with van der Waals surface area (Å²) in [6.07, 6.45) is -0.672. The zero-order valence-corrected chi connectivity index (χ0v) is 4.58. The van der Waals surface area contributed by atoms with Gasteiger partial charge in [-0.2, -0.15) is 0 Å². The highest BCUT2D eigenvalue weighted by Gasteiger charge is 2.20. The summed E-state index contributed by atoms with van der Waals surface area (Å²) in [6, 6.07) is 0. The summed E-state index contributed by atoms with van der Waals surface area (Å²) in [5, 5.41) is 17.7. The fourth-order valence-corrected chi connectivity index (χ4v) is 0.712. The Labute approximate surface area is 47.9 Å². The van der Waals surface area contributed by atoms with Gasteiger partial charge in [-0.3, -0.25) is 0 Å². The molecular weight excluding hydrogens is 108 g/mol. The molecular formula is C5H10O3. The number of aliphatic hydroxyl groups is 2. The topological polar surface area (TPSA) is 49.7 Å². The van der Waals surface area contributed by atoms with Crippen LogP contribution in [0.3, 0.4) is 0 Å². The van der Waals surface area contributed by atoms with Gasteiger partial charge in [0.1, 0.15) is 6.10 Å². The maximum atomic E-state index is 8.85. The summed E-state index contributed by atoms with van der Waals surface area (Å²) in [5.41, 5.74) is 0. The molecule has 8 heavy (non-hydrogen) atoms. The van der Waals surface area contributed by atoms with Gasteiger partial charge < -0.3 is 14.9 Å². The Kier molecular flexibility index (Phi) is 1.83. The molecule has 0 amide bonds. The number of rotatable bonds is 0. The van der Waals surface area contributed by atoms with Gasteiger partial charge in [0, 0.05) is 6.61 Å². The van der Waals surface area contributed by atoms with Crippen LogP contribution in [0.1, 0.15) is 6.42 Å². The van der Waals surface area contributed by atoms with Crippen LogP contribution in [0.25, 0.3) is 0 Å². The van der Waals surface area contributed by atoms with Gasteiger partial charge in [0.25, 0.3) is 0 Å². The van der Waals surface area contributed by atoms with Gasteiger partial charge in [-0.1, -0.05) is 0 Å². The summed E-state index contributed by atoms with van der Waals surface area (Å²) in [4.78, 5) is 0. The molecule has 1 aliphatic heterocycles. The molecule has 3 heteroatoms. The van der Waals surface area contributed by atoms with Crippen molar-refractivity contribution < 1.29 is 14.9 Å². The molecule has 0 bridgehead atoms. The maximum Gasteiger partial charge on any atom is 0.103 e. The van der Waals surface area contributed by atoms with Crippen molar-refractivity contribution in [3.05, 3.63) is 0 Å². The van der Waals surface area contributed by atoms with Gasteiger partial charge in [0.2, 0.25) is 0 Å². The van der Waals surface area contributed by atoms with Crippen molar-refractivity contribution in [1.82, 2.24) is 0 Å². The van der Waals surface area contributed by atoms with Crippen LogP contribution in [-0.2, 0) is 4.74 Å². The molecule has 0 unspecified atom stereocenters. The van der Waals surface area contributed by atoms with E-state index in [2.05, 4.69) is 0 Å². The van der Waals surface area contributed by atoms with Crippen LogP contribution in [0, 0.1) is 0 Å². The van der Waals surface area contributed by atoms with Gasteiger partial charge in [-0.15, -0.1) is 0 Å². The Morgan fingerprint density at radius 3 is 2.38 bits per heavy atom. The molecule has 2 atom stereocenters. The second-order valence-corrected chi connectivity index (χ2v) is 2.00. The van der Waals surface area contributed by atoms with Crippen molar-refractivity contribution in [1.29, 1.82) is 0 Å². The molecule has 3 nitrogen and oxygen atoms in total. The Balaban J connectivity index is 2.28. The summed E-state index contributed by atoms with van der Waals surface area (Å²) >= 11 is 0. The van der Waals surface area contributed by atoms with E-state index in [-0.39, 0.29) is 6.61 Å². The average molecular weight is 118 g/mol. The molecule has 1 aliphatic rings. The molecule has 0 aromatic rings. The van der Waals surface area contributed by atoms with Crippen molar-refractivity contribution in [3.8, 4) is 0 Å². The van der Waals surface area contributed by atoms with E-state index in [1.165, 1.54) is 0 Å². The molecule has 1 fully saturated rings. The Bertz CT molecular complexity index is 64.1. The first-order valence-corrected chi connectivity index (χ1v) is 2.74. The smallest absolute Gasteiger partial charge is 0.103 e. The van der Waals surface area contributed by atoms with E-state index in [1.807, 2.05) is 0 Å². The normalized spacial score (nSPS) is 39.8. The van der Waals surface area contributed by atoms with Crippen molar-refractivity contribution in [3.63, 3.8) is 0 Å². The van der Waals surface area contributed by atoms with Gasteiger partial charge >= 0.3 is 0 Å². The fourth-order valence-electron chi connectivity index (χ4n) is 0.712. The molecule has 1 saturated heterocycles. The van der Waals surface area contributed by atoms with E-state index in [0.29, 0.717) is 13.0 Å². The maximum absolute atomic E-state index is 8.85. The van der Waals surface area contributed by atoms with Crippen LogP contribution in [0.5, 0.6) is 0 Å². The van der Waals surface area contributed by atoms with Gasteiger partial charge in [-0.25, -0.2) is 0 Å². The molecule has 0 radical (unpaired) electrons. The van der Waals surface area contributed by atoms with Gasteiger partial charge in [-0.05, 0) is 6.42 Å². The minimum absolute atomic E-state index is 0.279. The second-order valence-electron chi connectivity index (χ2n) is 2.00. The van der Waals surface area contributed by atoms with Crippen molar-refractivity contribution in [2.24, 2.45) is 0 Å². The lowest BCUT2D eigenvalue weighted by atomic mass is 10.1. The monoisotopic (exact) mass is 118 g/mol. The largest absolute Gasteiger partial charge is 0.390 e. The third-order valence-corrected chi connectivity index (χ3v) is 1.29. The molecule has 48 valence electrons. The highest BCUT2D eigenvalue weighted by atomic mass is 16.5. The predicted octanol–water partition coefficient (Wildman–Crippen LogP) is -0.872. The summed E-state index contributed by atoms with van der Waals surface area (Å²) in [7, 11) is 0. The number of hydrogen-bond donors (Lipinski definition) is 2. The highest BCUT2D eigenvalue weighted by Crippen LogP contribution is 2.05. The molecule has 0 aromatic carbocycles. The predicted molar refractivity (Wildman–Crippen MR) is 27.4 cm³/mol. The fraction of sp³-hybridized carbons (Fsp3) is 1.00. The first-order chi connectivity index (χ1) is 3.80. The second kappa shape index (κ2) is 2.44. The van der Waals surface area contributed by atoms with Crippen LogP contribution < -0.4 is 0 Å². The molecule has 0 spiro atoms. The minimum Gasteiger partial charge on any atom is -0.390 e. The van der Waals surface area contributed by atoms with E-state index in [9.17, 15) is 0 Å². The van der Waals surface area contributed by atoms with Crippen LogP contribution in [0.15, 0.2) is 0 Å². The Hall–Kier alpha value is -0.120. The van der Waals surface area contributed by atoms with Crippen LogP contribution >= 0.6 is 0 Å². The average Bonchev–Trinajstić information content (AvgIpc) is 1.77. The first-order valence-electron chi connectivity index (χ1n) is 2.74. The summed E-state index contributed by atoms with van der Waals surface area (Å²) in [5.74, 6) is 0. The van der Waals surface area contributed by atoms with E-state index < -0.39 is 12.2 Å². The summed E-state index contributed by atoms with van der Waals surface area (Å²) < 4.78 is 4.84. The zero-order valence-electron chi connectivity index (χ0n) is 4.58. The number of hydrogen-bond acceptors (Lipinski definition) is 3. The lowest BCUT2D eigenvalue weighted by Gasteiger charge is -2.22. The van der Waals surface area contributed by atoms with E-state index >= 15 is 0 Å². The van der Waals surface area contributed by atoms with E-state index in [4.69, 9.17) is 14.9 Å². The van der Waals surface area contributed by atoms with Crippen molar-refractivity contribution in [2.75, 3.05) is 13.2 Å². The molecule has 0 aromatic heterocycles. The molecule has 0 aliphatic carbocycles. The third-order valence-electron chi connectivity index (χ3n) is 1.29. The first kappa shape index (κ1) is 6.01. The number of aliphatic hydroxyl groups excluding tert-OH is 2. The van der Waals surface area contributed by atoms with Crippen LogP contribution in [0.4, 0.5) is 0 Å². The van der Waals surface area contributed by atoms with E-state index in [1.54, 1.807) is 0 Å². The van der Waals surface area contributed by atoms with Crippen LogP contribution in [0.2, 0.25) is 0 Å². The number of ether oxygens (including phenoxy) is 1. The lowest BCUT2D eigenvalue weighted by molar-refractivity contribution is -0.0852. The van der Waals surface area contributed by atoms with Crippen molar-refractivity contribution in [2.45, 2.75) is 18.6 Å². The Morgan fingerprint density at radius 2 is 2.00 bits per heavy atom. The standard InChI is InChI=1S/C5H10O3/c6-4-1-2-8-3-5(4)7/h4-7H,1-3H2/t4-,5-/m1/s1. The molecule has 1 heterocycles. The summed E-state index contributed by atoms with van der Waals surface area (Å²) in [6.45, 7) is 0.847. The highest BCUT2D eigenvalue weighted by molar-refractivity contribution is 4.69. The molecule has 1 rings (SSSR count). The lowest BCUT2D eigenvalue weighted by Crippen LogP contribution is -2.36. The van der Waals surface area contributed by atoms with Crippen molar-refractivity contribution >= 4 is 0 Å². The van der Waals surface area contributed by atoms with Crippen LogP contribution in [-0.4, -0.2) is 35.6 Å². The van der Waals surface area contributed by atoms with Gasteiger partial charge in [0.05, 0.1) is 12.7 Å². The minimum atomic E-state index is -0.663. The zero-order chi connectivity index (χ0) is 5.98.